The Kier molecular flexibility index (Phi) is 6.90. The maximum absolute atomic E-state index is 12.9. The summed E-state index contributed by atoms with van der Waals surface area (Å²) >= 11 is 1.19. The summed E-state index contributed by atoms with van der Waals surface area (Å²) in [4.78, 5) is 30.3. The van der Waals surface area contributed by atoms with Crippen LogP contribution >= 0.6 is 11.8 Å². The first-order valence-corrected chi connectivity index (χ1v) is 10.1. The first kappa shape index (κ1) is 20.9. The first-order chi connectivity index (χ1) is 14.1. The normalized spacial score (nSPS) is 10.9. The van der Waals surface area contributed by atoms with E-state index in [1.54, 1.807) is 36.4 Å². The van der Waals surface area contributed by atoms with E-state index in [1.807, 2.05) is 6.07 Å². The Labute approximate surface area is 172 Å². The molecular weight excluding hydrogens is 392 g/mol. The second kappa shape index (κ2) is 9.58. The molecule has 2 aromatic carbocycles. The molecule has 3 aromatic rings. The molecule has 1 aromatic heterocycles. The summed E-state index contributed by atoms with van der Waals surface area (Å²) in [6.07, 6.45) is 0.422. The molecule has 0 amide bonds. The van der Waals surface area contributed by atoms with Gasteiger partial charge in [0, 0.05) is 13.2 Å². The molecule has 1 N–H and O–H groups in total. The Morgan fingerprint density at radius 1 is 1.17 bits per heavy atom. The number of aliphatic hydroxyl groups is 1. The van der Waals surface area contributed by atoms with Crippen LogP contribution in [0.3, 0.4) is 0 Å². The zero-order chi connectivity index (χ0) is 20.8. The second-order valence-electron chi connectivity index (χ2n) is 6.22. The molecule has 0 radical (unpaired) electrons. The fourth-order valence-corrected chi connectivity index (χ4v) is 3.83. The van der Waals surface area contributed by atoms with Crippen LogP contribution in [-0.2, 0) is 6.54 Å². The molecule has 0 saturated heterocycles. The van der Waals surface area contributed by atoms with Gasteiger partial charge in [0.25, 0.3) is 5.56 Å². The number of aromatic nitrogens is 2. The van der Waals surface area contributed by atoms with E-state index in [0.717, 1.165) is 0 Å². The third-order valence-corrected chi connectivity index (χ3v) is 5.38. The molecule has 1 heterocycles. The fourth-order valence-electron chi connectivity index (χ4n) is 2.92. The predicted octanol–water partition coefficient (Wildman–Crippen LogP) is 2.77. The molecule has 0 aliphatic rings. The van der Waals surface area contributed by atoms with Gasteiger partial charge in [0.1, 0.15) is 11.5 Å². The molecule has 3 rings (SSSR count). The number of ether oxygens (including phenoxy) is 2. The van der Waals surface area contributed by atoms with E-state index < -0.39 is 0 Å². The zero-order valence-electron chi connectivity index (χ0n) is 16.3. The van der Waals surface area contributed by atoms with Crippen molar-refractivity contribution in [2.45, 2.75) is 18.1 Å². The van der Waals surface area contributed by atoms with Crippen LogP contribution in [0.25, 0.3) is 10.9 Å². The van der Waals surface area contributed by atoms with Gasteiger partial charge in [-0.15, -0.1) is 0 Å². The maximum Gasteiger partial charge on any atom is 0.262 e. The number of ketones is 1. The SMILES string of the molecule is COc1ccc(OC)c(C(=O)CSc2nc3ccccc3c(=O)n2CCCO)c1. The Hall–Kier alpha value is -2.84. The predicted molar refractivity (Wildman–Crippen MR) is 112 cm³/mol. The molecule has 0 spiro atoms. The number of para-hydroxylation sites is 1. The molecule has 152 valence electrons. The van der Waals surface area contributed by atoms with Crippen LogP contribution in [0.5, 0.6) is 11.5 Å². The number of benzene rings is 2. The minimum atomic E-state index is -0.182. The van der Waals surface area contributed by atoms with Crippen LogP contribution in [-0.4, -0.2) is 47.0 Å². The summed E-state index contributed by atoms with van der Waals surface area (Å²) in [6, 6.07) is 12.1. The lowest BCUT2D eigenvalue weighted by Crippen LogP contribution is -2.24. The smallest absolute Gasteiger partial charge is 0.262 e. The number of fused-ring (bicyclic) bond motifs is 1. The van der Waals surface area contributed by atoms with E-state index in [1.165, 1.54) is 30.5 Å². The van der Waals surface area contributed by atoms with E-state index in [9.17, 15) is 14.7 Å². The molecule has 0 atom stereocenters. The van der Waals surface area contributed by atoms with Crippen LogP contribution < -0.4 is 15.0 Å². The van der Waals surface area contributed by atoms with Crippen LogP contribution in [0.1, 0.15) is 16.8 Å². The minimum Gasteiger partial charge on any atom is -0.497 e. The quantitative estimate of drug-likeness (QED) is 0.327. The largest absolute Gasteiger partial charge is 0.497 e. The van der Waals surface area contributed by atoms with Crippen LogP contribution in [0.15, 0.2) is 52.4 Å². The Balaban J connectivity index is 1.92. The molecule has 0 unspecified atom stereocenters. The summed E-state index contributed by atoms with van der Waals surface area (Å²) in [5.74, 6) is 0.929. The third-order valence-electron chi connectivity index (χ3n) is 4.41. The lowest BCUT2D eigenvalue weighted by atomic mass is 10.1. The average molecular weight is 414 g/mol. The average Bonchev–Trinajstić information content (AvgIpc) is 2.76. The van der Waals surface area contributed by atoms with Crippen molar-refractivity contribution < 1.29 is 19.4 Å². The molecule has 8 heteroatoms. The number of rotatable bonds is 9. The number of Topliss-reactive ketones (excluding diaryl/α,β-unsaturated/α-hetero) is 1. The van der Waals surface area contributed by atoms with Crippen molar-refractivity contribution in [1.82, 2.24) is 9.55 Å². The van der Waals surface area contributed by atoms with Gasteiger partial charge in [-0.2, -0.15) is 0 Å². The fraction of sp³-hybridized carbons (Fsp3) is 0.286. The molecule has 0 aliphatic carbocycles. The summed E-state index contributed by atoms with van der Waals surface area (Å²) in [5, 5.41) is 10.1. The highest BCUT2D eigenvalue weighted by molar-refractivity contribution is 7.99. The highest BCUT2D eigenvalue weighted by Gasteiger charge is 2.17. The summed E-state index contributed by atoms with van der Waals surface area (Å²) in [6.45, 7) is 0.287. The lowest BCUT2D eigenvalue weighted by molar-refractivity contribution is 0.101. The molecular formula is C21H22N2O5S. The number of carbonyl (C=O) groups is 1. The van der Waals surface area contributed by atoms with Gasteiger partial charge < -0.3 is 14.6 Å². The number of methoxy groups -OCH3 is 2. The number of thioether (sulfide) groups is 1. The van der Waals surface area contributed by atoms with Gasteiger partial charge in [0.15, 0.2) is 10.9 Å². The van der Waals surface area contributed by atoms with Crippen molar-refractivity contribution in [1.29, 1.82) is 0 Å². The summed E-state index contributed by atoms with van der Waals surface area (Å²) in [7, 11) is 3.03. The second-order valence-corrected chi connectivity index (χ2v) is 7.17. The monoisotopic (exact) mass is 414 g/mol. The molecule has 0 bridgehead atoms. The van der Waals surface area contributed by atoms with Crippen molar-refractivity contribution in [3.05, 3.63) is 58.4 Å². The van der Waals surface area contributed by atoms with Crippen molar-refractivity contribution >= 4 is 28.4 Å². The van der Waals surface area contributed by atoms with Gasteiger partial charge in [-0.05, 0) is 36.8 Å². The van der Waals surface area contributed by atoms with Crippen LogP contribution in [0.2, 0.25) is 0 Å². The van der Waals surface area contributed by atoms with Crippen LogP contribution in [0.4, 0.5) is 0 Å². The van der Waals surface area contributed by atoms with Gasteiger partial charge in [0.05, 0.1) is 36.4 Å². The van der Waals surface area contributed by atoms with Gasteiger partial charge in [-0.3, -0.25) is 14.2 Å². The van der Waals surface area contributed by atoms with Gasteiger partial charge >= 0.3 is 0 Å². The summed E-state index contributed by atoms with van der Waals surface area (Å²) < 4.78 is 12.0. The van der Waals surface area contributed by atoms with Crippen molar-refractivity contribution in [2.75, 3.05) is 26.6 Å². The lowest BCUT2D eigenvalue weighted by Gasteiger charge is -2.13. The van der Waals surface area contributed by atoms with Crippen LogP contribution in [0, 0.1) is 0 Å². The van der Waals surface area contributed by atoms with E-state index >= 15 is 0 Å². The number of carbonyl (C=O) groups excluding carboxylic acids is 1. The number of nitrogens with zero attached hydrogens (tertiary/aromatic N) is 2. The Morgan fingerprint density at radius 3 is 2.69 bits per heavy atom. The Bertz CT molecular complexity index is 1080. The molecule has 7 nitrogen and oxygen atoms in total. The van der Waals surface area contributed by atoms with Crippen molar-refractivity contribution in [2.24, 2.45) is 0 Å². The number of hydrogen-bond acceptors (Lipinski definition) is 7. The zero-order valence-corrected chi connectivity index (χ0v) is 17.1. The maximum atomic E-state index is 12.9. The van der Waals surface area contributed by atoms with E-state index in [0.29, 0.717) is 46.1 Å². The standard InChI is InChI=1S/C21H22N2O5S/c1-27-14-8-9-19(28-2)16(12-14)18(25)13-29-21-22-17-7-4-3-6-15(17)20(26)23(21)10-5-11-24/h3-4,6-9,12,24H,5,10-11,13H2,1-2H3. The highest BCUT2D eigenvalue weighted by atomic mass is 32.2. The van der Waals surface area contributed by atoms with E-state index in [4.69, 9.17) is 9.47 Å². The third kappa shape index (κ3) is 4.60. The highest BCUT2D eigenvalue weighted by Crippen LogP contribution is 2.27. The minimum absolute atomic E-state index is 0.0384. The van der Waals surface area contributed by atoms with Gasteiger partial charge in [-0.25, -0.2) is 4.98 Å². The number of aliphatic hydroxyl groups excluding tert-OH is 1. The van der Waals surface area contributed by atoms with Gasteiger partial charge in [-0.1, -0.05) is 23.9 Å². The topological polar surface area (TPSA) is 90.7 Å². The molecule has 0 aliphatic heterocycles. The Morgan fingerprint density at radius 2 is 1.97 bits per heavy atom. The molecule has 0 saturated carbocycles. The van der Waals surface area contributed by atoms with Crippen molar-refractivity contribution in [3.63, 3.8) is 0 Å². The first-order valence-electron chi connectivity index (χ1n) is 9.07. The van der Waals surface area contributed by atoms with Crippen molar-refractivity contribution in [3.8, 4) is 11.5 Å². The molecule has 0 fully saturated rings. The molecule has 29 heavy (non-hydrogen) atoms. The number of hydrogen-bond donors (Lipinski definition) is 1. The van der Waals surface area contributed by atoms with E-state index in [2.05, 4.69) is 4.98 Å². The van der Waals surface area contributed by atoms with E-state index in [-0.39, 0.29) is 23.7 Å². The summed E-state index contributed by atoms with van der Waals surface area (Å²) in [5.41, 5.74) is 0.800. The van der Waals surface area contributed by atoms with Gasteiger partial charge in [0.2, 0.25) is 0 Å².